The Bertz CT molecular complexity index is 774. The van der Waals surface area contributed by atoms with Crippen molar-refractivity contribution in [3.8, 4) is 11.3 Å². The first kappa shape index (κ1) is 13.3. The van der Waals surface area contributed by atoms with Crippen LogP contribution >= 0.6 is 0 Å². The Labute approximate surface area is 123 Å². The van der Waals surface area contributed by atoms with Gasteiger partial charge >= 0.3 is 0 Å². The molecule has 3 nitrogen and oxygen atoms in total. The molecule has 3 heteroatoms. The average molecular weight is 278 g/mol. The van der Waals surface area contributed by atoms with Crippen LogP contribution in [0.15, 0.2) is 65.2 Å². The van der Waals surface area contributed by atoms with Gasteiger partial charge in [-0.25, -0.2) is 4.52 Å². The third-order valence-corrected chi connectivity index (χ3v) is 3.59. The van der Waals surface area contributed by atoms with Crippen molar-refractivity contribution in [3.05, 3.63) is 77.5 Å². The molecule has 21 heavy (non-hydrogen) atoms. The van der Waals surface area contributed by atoms with Crippen molar-refractivity contribution in [2.45, 2.75) is 6.92 Å². The van der Waals surface area contributed by atoms with E-state index in [0.717, 1.165) is 11.3 Å². The molecular weight excluding hydrogens is 262 g/mol. The van der Waals surface area contributed by atoms with Crippen LogP contribution in [0.25, 0.3) is 11.3 Å². The molecule has 0 fully saturated rings. The number of nitrogens with zero attached hydrogens (tertiary/aromatic N) is 1. The zero-order valence-corrected chi connectivity index (χ0v) is 12.0. The van der Waals surface area contributed by atoms with Gasteiger partial charge in [0.15, 0.2) is 7.05 Å². The lowest BCUT2D eigenvalue weighted by atomic mass is 9.98. The molecule has 0 atom stereocenters. The fraction of sp³-hybridized carbons (Fsp3) is 0.111. The number of aryl methyl sites for hydroxylation is 1. The second-order valence-electron chi connectivity index (χ2n) is 4.94. The molecule has 0 radical (unpaired) electrons. The first-order valence-corrected chi connectivity index (χ1v) is 6.83. The second kappa shape index (κ2) is 5.37. The summed E-state index contributed by atoms with van der Waals surface area (Å²) in [5.74, 6) is 0.598. The maximum Gasteiger partial charge on any atom is 0.239 e. The number of carbonyl (C=O) groups is 1. The molecule has 0 bridgehead atoms. The van der Waals surface area contributed by atoms with E-state index in [0.29, 0.717) is 16.9 Å². The van der Waals surface area contributed by atoms with E-state index in [1.54, 1.807) is 4.74 Å². The van der Waals surface area contributed by atoms with Crippen LogP contribution in [-0.4, -0.2) is 5.78 Å². The molecule has 1 heterocycles. The van der Waals surface area contributed by atoms with Gasteiger partial charge in [-0.3, -0.25) is 4.79 Å². The van der Waals surface area contributed by atoms with Crippen LogP contribution in [0.3, 0.4) is 0 Å². The normalized spacial score (nSPS) is 10.6. The highest BCUT2D eigenvalue weighted by Crippen LogP contribution is 2.27. The minimum atomic E-state index is -0.0173. The first-order chi connectivity index (χ1) is 10.2. The molecule has 3 rings (SSSR count). The third-order valence-electron chi connectivity index (χ3n) is 3.59. The molecule has 0 aliphatic rings. The Morgan fingerprint density at radius 3 is 2.14 bits per heavy atom. The maximum absolute atomic E-state index is 12.8. The molecule has 0 saturated heterocycles. The number of hydrogen-bond donors (Lipinski definition) is 0. The first-order valence-electron chi connectivity index (χ1n) is 6.83. The number of hydrogen-bond acceptors (Lipinski definition) is 2. The second-order valence-corrected chi connectivity index (χ2v) is 4.94. The van der Waals surface area contributed by atoms with Crippen molar-refractivity contribution in [2.75, 3.05) is 0 Å². The molecule has 0 spiro atoms. The molecule has 3 aromatic rings. The Morgan fingerprint density at radius 2 is 1.52 bits per heavy atom. The zero-order chi connectivity index (χ0) is 14.8. The average Bonchev–Trinajstić information content (AvgIpc) is 2.84. The molecule has 104 valence electrons. The van der Waals surface area contributed by atoms with Gasteiger partial charge in [0, 0.05) is 18.1 Å². The van der Waals surface area contributed by atoms with E-state index >= 15 is 0 Å². The highest BCUT2D eigenvalue weighted by atomic mass is 16.5. The van der Waals surface area contributed by atoms with Crippen molar-refractivity contribution in [3.63, 3.8) is 0 Å². The molecule has 0 aliphatic heterocycles. The molecule has 0 saturated carbocycles. The Morgan fingerprint density at radius 1 is 0.952 bits per heavy atom. The SMILES string of the molecule is Cc1c(C(=O)c2ccccc2)c(-c2ccccc2)o[n+]1C. The monoisotopic (exact) mass is 278 g/mol. The Kier molecular flexibility index (Phi) is 3.40. The molecule has 0 N–H and O–H groups in total. The summed E-state index contributed by atoms with van der Waals surface area (Å²) in [5, 5.41) is 0. The predicted octanol–water partition coefficient (Wildman–Crippen LogP) is 3.31. The van der Waals surface area contributed by atoms with Gasteiger partial charge in [-0.1, -0.05) is 60.7 Å². The molecule has 0 aliphatic carbocycles. The van der Waals surface area contributed by atoms with Crippen molar-refractivity contribution in [1.82, 2.24) is 0 Å². The van der Waals surface area contributed by atoms with E-state index in [1.165, 1.54) is 0 Å². The van der Waals surface area contributed by atoms with Crippen LogP contribution in [0.4, 0.5) is 0 Å². The molecule has 0 unspecified atom stereocenters. The van der Waals surface area contributed by atoms with Gasteiger partial charge in [0.1, 0.15) is 5.56 Å². The summed E-state index contributed by atoms with van der Waals surface area (Å²) in [4.78, 5) is 12.8. The Hall–Kier alpha value is -2.68. The van der Waals surface area contributed by atoms with Crippen molar-refractivity contribution in [2.24, 2.45) is 7.05 Å². The van der Waals surface area contributed by atoms with Crippen LogP contribution in [0.5, 0.6) is 0 Å². The van der Waals surface area contributed by atoms with E-state index in [1.807, 2.05) is 74.6 Å². The number of ketones is 1. The van der Waals surface area contributed by atoms with Crippen molar-refractivity contribution >= 4 is 5.78 Å². The summed E-state index contributed by atoms with van der Waals surface area (Å²) >= 11 is 0. The summed E-state index contributed by atoms with van der Waals surface area (Å²) < 4.78 is 7.41. The minimum Gasteiger partial charge on any atom is -0.288 e. The zero-order valence-electron chi connectivity index (χ0n) is 12.0. The van der Waals surface area contributed by atoms with E-state index in [2.05, 4.69) is 0 Å². The fourth-order valence-corrected chi connectivity index (χ4v) is 2.36. The summed E-state index contributed by atoms with van der Waals surface area (Å²) in [7, 11) is 1.81. The summed E-state index contributed by atoms with van der Waals surface area (Å²) in [5.41, 5.74) is 3.01. The maximum atomic E-state index is 12.8. The van der Waals surface area contributed by atoms with Gasteiger partial charge in [-0.15, -0.1) is 0 Å². The van der Waals surface area contributed by atoms with Crippen molar-refractivity contribution < 1.29 is 14.1 Å². The van der Waals surface area contributed by atoms with Crippen LogP contribution in [0.1, 0.15) is 21.6 Å². The van der Waals surface area contributed by atoms with Crippen LogP contribution in [-0.2, 0) is 7.05 Å². The summed E-state index contributed by atoms with van der Waals surface area (Å²) in [6, 6.07) is 19.0. The third kappa shape index (κ3) is 2.38. The van der Waals surface area contributed by atoms with Crippen LogP contribution in [0, 0.1) is 6.92 Å². The van der Waals surface area contributed by atoms with Crippen molar-refractivity contribution in [1.29, 1.82) is 0 Å². The van der Waals surface area contributed by atoms with Gasteiger partial charge in [-0.05, 0) is 4.74 Å². The predicted molar refractivity (Wildman–Crippen MR) is 79.9 cm³/mol. The standard InChI is InChI=1S/C18H16NO2/c1-13-16(17(20)14-9-5-3-6-10-14)18(21-19(13)2)15-11-7-4-8-12-15/h3-12H,1-2H3/q+1. The van der Waals surface area contributed by atoms with Gasteiger partial charge in [0.2, 0.25) is 17.2 Å². The van der Waals surface area contributed by atoms with Crippen LogP contribution in [0.2, 0.25) is 0 Å². The summed E-state index contributed by atoms with van der Waals surface area (Å²) in [6.45, 7) is 1.89. The topological polar surface area (TPSA) is 34.1 Å². The van der Waals surface area contributed by atoms with Gasteiger partial charge in [0.25, 0.3) is 0 Å². The summed E-state index contributed by atoms with van der Waals surface area (Å²) in [6.07, 6.45) is 0. The highest BCUT2D eigenvalue weighted by Gasteiger charge is 2.29. The number of benzene rings is 2. The fourth-order valence-electron chi connectivity index (χ4n) is 2.36. The number of rotatable bonds is 3. The Balaban J connectivity index is 2.17. The van der Waals surface area contributed by atoms with Gasteiger partial charge in [-0.2, -0.15) is 0 Å². The number of carbonyl (C=O) groups excluding carboxylic acids is 1. The van der Waals surface area contributed by atoms with E-state index in [4.69, 9.17) is 4.52 Å². The molecular formula is C18H16NO2+. The van der Waals surface area contributed by atoms with Gasteiger partial charge < -0.3 is 0 Å². The smallest absolute Gasteiger partial charge is 0.239 e. The lowest BCUT2D eigenvalue weighted by Gasteiger charge is -1.99. The van der Waals surface area contributed by atoms with Crippen LogP contribution < -0.4 is 4.74 Å². The van der Waals surface area contributed by atoms with Gasteiger partial charge in [0.05, 0.1) is 0 Å². The lowest BCUT2D eigenvalue weighted by Crippen LogP contribution is -2.28. The largest absolute Gasteiger partial charge is 0.288 e. The van der Waals surface area contributed by atoms with E-state index in [-0.39, 0.29) is 5.78 Å². The molecule has 0 amide bonds. The van der Waals surface area contributed by atoms with E-state index < -0.39 is 0 Å². The number of aromatic nitrogens is 1. The van der Waals surface area contributed by atoms with E-state index in [9.17, 15) is 4.79 Å². The lowest BCUT2D eigenvalue weighted by molar-refractivity contribution is -0.847. The molecule has 2 aromatic carbocycles. The minimum absolute atomic E-state index is 0.0173. The molecule has 1 aromatic heterocycles. The quantitative estimate of drug-likeness (QED) is 0.544. The highest BCUT2D eigenvalue weighted by molar-refractivity contribution is 6.12.